The van der Waals surface area contributed by atoms with Crippen LogP contribution in [0.5, 0.6) is 0 Å². The molecule has 1 nitrogen and oxygen atoms in total. The molecule has 2 aliphatic carbocycles. The zero-order valence-corrected chi connectivity index (χ0v) is 8.04. The van der Waals surface area contributed by atoms with Crippen LogP contribution in [0.2, 0.25) is 0 Å². The van der Waals surface area contributed by atoms with E-state index in [1.807, 2.05) is 6.21 Å². The zero-order chi connectivity index (χ0) is 9.10. The van der Waals surface area contributed by atoms with Gasteiger partial charge in [0.25, 0.3) is 0 Å². The summed E-state index contributed by atoms with van der Waals surface area (Å²) in [6.07, 6.45) is 11.1. The van der Waals surface area contributed by atoms with E-state index in [0.717, 1.165) is 6.54 Å². The highest BCUT2D eigenvalue weighted by Gasteiger charge is 2.55. The summed E-state index contributed by atoms with van der Waals surface area (Å²) in [5.41, 5.74) is 3.37. The summed E-state index contributed by atoms with van der Waals surface area (Å²) >= 11 is 0. The first-order valence-corrected chi connectivity index (χ1v) is 4.79. The van der Waals surface area contributed by atoms with Gasteiger partial charge in [-0.3, -0.25) is 4.99 Å². The first kappa shape index (κ1) is 7.31. The highest BCUT2D eigenvalue weighted by Crippen LogP contribution is 2.62. The number of allylic oxidation sites excluding steroid dienone is 5. The van der Waals surface area contributed by atoms with Crippen LogP contribution in [0.15, 0.2) is 40.4 Å². The fraction of sp³-hybridized carbons (Fsp3) is 0.417. The molecule has 0 saturated heterocycles. The molecule has 0 fully saturated rings. The normalized spacial score (nSPS) is 44.8. The zero-order valence-electron chi connectivity index (χ0n) is 8.04. The summed E-state index contributed by atoms with van der Waals surface area (Å²) in [6.45, 7) is 5.54. The van der Waals surface area contributed by atoms with Gasteiger partial charge in [-0.2, -0.15) is 0 Å². The lowest BCUT2D eigenvalue weighted by atomic mass is 9.47. The lowest BCUT2D eigenvalue weighted by Gasteiger charge is -2.56. The van der Waals surface area contributed by atoms with Gasteiger partial charge in [-0.1, -0.05) is 38.2 Å². The van der Waals surface area contributed by atoms with Crippen LogP contribution >= 0.6 is 0 Å². The Balaban J connectivity index is 2.29. The molecular weight excluding hydrogens is 158 g/mol. The van der Waals surface area contributed by atoms with Crippen LogP contribution in [0.1, 0.15) is 13.8 Å². The Labute approximate surface area is 78.6 Å². The van der Waals surface area contributed by atoms with Gasteiger partial charge in [-0.15, -0.1) is 0 Å². The van der Waals surface area contributed by atoms with Gasteiger partial charge in [0.2, 0.25) is 0 Å². The van der Waals surface area contributed by atoms with Crippen LogP contribution in [-0.4, -0.2) is 12.8 Å². The number of hydrogen-bond acceptors (Lipinski definition) is 1. The summed E-state index contributed by atoms with van der Waals surface area (Å²) in [6, 6.07) is 0. The van der Waals surface area contributed by atoms with Gasteiger partial charge in [0, 0.05) is 17.0 Å². The Morgan fingerprint density at radius 1 is 1.38 bits per heavy atom. The van der Waals surface area contributed by atoms with Crippen molar-refractivity contribution in [3.05, 3.63) is 35.5 Å². The van der Waals surface area contributed by atoms with Crippen LogP contribution in [0.25, 0.3) is 0 Å². The van der Waals surface area contributed by atoms with Crippen LogP contribution in [0.4, 0.5) is 0 Å². The number of nitrogens with zero attached hydrogens (tertiary/aromatic N) is 1. The van der Waals surface area contributed by atoms with Crippen molar-refractivity contribution in [1.82, 2.24) is 0 Å². The quantitative estimate of drug-likeness (QED) is 0.497. The topological polar surface area (TPSA) is 12.4 Å². The average molecular weight is 171 g/mol. The Kier molecular flexibility index (Phi) is 1.05. The Morgan fingerprint density at radius 3 is 3.00 bits per heavy atom. The highest BCUT2D eigenvalue weighted by molar-refractivity contribution is 5.86. The monoisotopic (exact) mass is 171 g/mol. The molecule has 0 aromatic carbocycles. The van der Waals surface area contributed by atoms with Crippen molar-refractivity contribution in [2.24, 2.45) is 15.8 Å². The van der Waals surface area contributed by atoms with E-state index < -0.39 is 0 Å². The predicted molar refractivity (Wildman–Crippen MR) is 54.9 cm³/mol. The minimum absolute atomic E-state index is 0.249. The second kappa shape index (κ2) is 1.87. The van der Waals surface area contributed by atoms with Gasteiger partial charge in [-0.05, 0) is 11.1 Å². The van der Waals surface area contributed by atoms with Gasteiger partial charge < -0.3 is 0 Å². The van der Waals surface area contributed by atoms with Crippen LogP contribution < -0.4 is 0 Å². The van der Waals surface area contributed by atoms with E-state index in [9.17, 15) is 0 Å². The fourth-order valence-corrected chi connectivity index (χ4v) is 2.77. The average Bonchev–Trinajstić information content (AvgIpc) is 2.11. The third-order valence-electron chi connectivity index (χ3n) is 3.98. The third-order valence-corrected chi connectivity index (χ3v) is 3.98. The summed E-state index contributed by atoms with van der Waals surface area (Å²) in [4.78, 5) is 4.36. The Bertz CT molecular complexity index is 397. The summed E-state index contributed by atoms with van der Waals surface area (Å²) in [5, 5.41) is 0. The van der Waals surface area contributed by atoms with Crippen LogP contribution in [0, 0.1) is 10.8 Å². The minimum atomic E-state index is 0.249. The van der Waals surface area contributed by atoms with Crippen LogP contribution in [0.3, 0.4) is 0 Å². The lowest BCUT2D eigenvalue weighted by Crippen LogP contribution is -2.50. The highest BCUT2D eigenvalue weighted by atomic mass is 14.8. The molecule has 3 aliphatic rings. The van der Waals surface area contributed by atoms with E-state index in [4.69, 9.17) is 0 Å². The maximum atomic E-state index is 4.36. The Morgan fingerprint density at radius 2 is 2.23 bits per heavy atom. The molecule has 1 aliphatic heterocycles. The second-order valence-corrected chi connectivity index (χ2v) is 4.53. The van der Waals surface area contributed by atoms with Crippen molar-refractivity contribution in [2.75, 3.05) is 6.54 Å². The molecule has 0 aromatic rings. The summed E-state index contributed by atoms with van der Waals surface area (Å²) < 4.78 is 0. The summed E-state index contributed by atoms with van der Waals surface area (Å²) in [5.74, 6) is 0. The maximum Gasteiger partial charge on any atom is 0.0609 e. The van der Waals surface area contributed by atoms with E-state index in [0.29, 0.717) is 0 Å². The molecule has 13 heavy (non-hydrogen) atoms. The lowest BCUT2D eigenvalue weighted by molar-refractivity contribution is 0.222. The molecule has 0 N–H and O–H groups in total. The molecular formula is C12H13N. The number of rotatable bonds is 0. The molecule has 66 valence electrons. The largest absolute Gasteiger partial charge is 0.288 e. The molecule has 1 heteroatoms. The van der Waals surface area contributed by atoms with E-state index in [1.165, 1.54) is 11.1 Å². The molecule has 1 heterocycles. The summed E-state index contributed by atoms with van der Waals surface area (Å²) in [7, 11) is 0. The second-order valence-electron chi connectivity index (χ2n) is 4.53. The van der Waals surface area contributed by atoms with Crippen molar-refractivity contribution in [3.8, 4) is 0 Å². The SMILES string of the molecule is CC12C=CC=C3C=NCC(=C1)C32C. The van der Waals surface area contributed by atoms with Crippen molar-refractivity contribution in [3.63, 3.8) is 0 Å². The third kappa shape index (κ3) is 0.599. The first-order valence-electron chi connectivity index (χ1n) is 4.79. The van der Waals surface area contributed by atoms with Gasteiger partial charge >= 0.3 is 0 Å². The predicted octanol–water partition coefficient (Wildman–Crippen LogP) is 2.52. The van der Waals surface area contributed by atoms with E-state index in [-0.39, 0.29) is 10.8 Å². The van der Waals surface area contributed by atoms with Gasteiger partial charge in [-0.25, -0.2) is 0 Å². The fourth-order valence-electron chi connectivity index (χ4n) is 2.77. The smallest absolute Gasteiger partial charge is 0.0609 e. The maximum absolute atomic E-state index is 4.36. The Hall–Kier alpha value is -1.11. The van der Waals surface area contributed by atoms with Crippen LogP contribution in [-0.2, 0) is 0 Å². The van der Waals surface area contributed by atoms with E-state index in [1.54, 1.807) is 0 Å². The van der Waals surface area contributed by atoms with Crippen molar-refractivity contribution >= 4 is 6.21 Å². The molecule has 0 saturated carbocycles. The van der Waals surface area contributed by atoms with Gasteiger partial charge in [0.15, 0.2) is 0 Å². The number of hydrogen-bond donors (Lipinski definition) is 0. The standard InChI is InChI=1S/C12H13N/c1-11-5-3-4-9-7-13-8-10(6-11)12(9,11)2/h3-7H,8H2,1-2H3. The molecule has 3 rings (SSSR count). The molecule has 2 atom stereocenters. The number of aliphatic imine (C=N–C) groups is 1. The molecule has 0 radical (unpaired) electrons. The molecule has 0 spiro atoms. The van der Waals surface area contributed by atoms with Crippen molar-refractivity contribution in [1.29, 1.82) is 0 Å². The molecule has 2 unspecified atom stereocenters. The van der Waals surface area contributed by atoms with E-state index >= 15 is 0 Å². The van der Waals surface area contributed by atoms with Gasteiger partial charge in [0.1, 0.15) is 0 Å². The molecule has 0 bridgehead atoms. The minimum Gasteiger partial charge on any atom is -0.288 e. The molecule has 0 amide bonds. The van der Waals surface area contributed by atoms with Crippen molar-refractivity contribution < 1.29 is 0 Å². The molecule has 0 aromatic heterocycles. The van der Waals surface area contributed by atoms with E-state index in [2.05, 4.69) is 43.1 Å². The van der Waals surface area contributed by atoms with Crippen molar-refractivity contribution in [2.45, 2.75) is 13.8 Å². The van der Waals surface area contributed by atoms with Gasteiger partial charge in [0.05, 0.1) is 6.54 Å². The first-order chi connectivity index (χ1) is 6.17.